The minimum atomic E-state index is -0.852. The van der Waals surface area contributed by atoms with Crippen molar-refractivity contribution in [3.63, 3.8) is 0 Å². The topological polar surface area (TPSA) is 62.0 Å². The van der Waals surface area contributed by atoms with E-state index in [1.165, 1.54) is 5.56 Å². The van der Waals surface area contributed by atoms with Gasteiger partial charge in [0.05, 0.1) is 17.8 Å². The maximum Gasteiger partial charge on any atom is 0.309 e. The molecule has 0 fully saturated rings. The van der Waals surface area contributed by atoms with Crippen LogP contribution in [0.25, 0.3) is 0 Å². The van der Waals surface area contributed by atoms with Crippen molar-refractivity contribution < 1.29 is 9.90 Å². The third-order valence-corrected chi connectivity index (χ3v) is 2.35. The van der Waals surface area contributed by atoms with E-state index >= 15 is 0 Å². The Kier molecular flexibility index (Phi) is 3.10. The Balaban J connectivity index is 1.90. The normalized spacial score (nSPS) is 14.5. The summed E-state index contributed by atoms with van der Waals surface area (Å²) < 4.78 is 0. The predicted octanol–water partition coefficient (Wildman–Crippen LogP) is 1.90. The molecule has 0 radical (unpaired) electrons. The summed E-state index contributed by atoms with van der Waals surface area (Å²) >= 11 is 0. The summed E-state index contributed by atoms with van der Waals surface area (Å²) in [7, 11) is 0. The molecule has 0 aliphatic carbocycles. The van der Waals surface area contributed by atoms with Crippen LogP contribution in [0.2, 0.25) is 0 Å². The predicted molar refractivity (Wildman–Crippen MR) is 61.9 cm³/mol. The van der Waals surface area contributed by atoms with Gasteiger partial charge in [-0.05, 0) is 5.56 Å². The van der Waals surface area contributed by atoms with E-state index in [1.54, 1.807) is 0 Å². The van der Waals surface area contributed by atoms with Crippen LogP contribution < -0.4 is 0 Å². The smallest absolute Gasteiger partial charge is 0.309 e. The van der Waals surface area contributed by atoms with Gasteiger partial charge in [-0.1, -0.05) is 30.3 Å². The summed E-state index contributed by atoms with van der Waals surface area (Å²) in [5, 5.41) is 16.5. The van der Waals surface area contributed by atoms with E-state index in [-0.39, 0.29) is 6.42 Å². The van der Waals surface area contributed by atoms with Crippen LogP contribution in [0.3, 0.4) is 0 Å². The van der Waals surface area contributed by atoms with Crippen LogP contribution in [-0.2, 0) is 11.2 Å². The first-order valence-corrected chi connectivity index (χ1v) is 5.11. The molecule has 1 N–H and O–H groups in total. The first-order valence-electron chi connectivity index (χ1n) is 5.11. The van der Waals surface area contributed by atoms with E-state index in [9.17, 15) is 4.79 Å². The molecule has 1 aromatic rings. The molecule has 0 atom stereocenters. The summed E-state index contributed by atoms with van der Waals surface area (Å²) in [4.78, 5) is 10.5. The van der Waals surface area contributed by atoms with Crippen LogP contribution in [0.1, 0.15) is 18.4 Å². The van der Waals surface area contributed by atoms with Gasteiger partial charge in [-0.3, -0.25) is 4.79 Å². The maximum atomic E-state index is 10.5. The molecular formula is C12H12N2O2. The van der Waals surface area contributed by atoms with Crippen molar-refractivity contribution >= 4 is 17.4 Å². The Hall–Kier alpha value is -1.97. The average Bonchev–Trinajstić information content (AvgIpc) is 2.66. The maximum absolute atomic E-state index is 10.5. The lowest BCUT2D eigenvalue weighted by atomic mass is 10.0. The molecule has 2 rings (SSSR count). The minimum Gasteiger partial charge on any atom is -0.481 e. The molecule has 4 nitrogen and oxygen atoms in total. The van der Waals surface area contributed by atoms with Gasteiger partial charge in [0.1, 0.15) is 0 Å². The number of aliphatic carboxylic acids is 1. The van der Waals surface area contributed by atoms with Crippen LogP contribution in [-0.4, -0.2) is 22.5 Å². The molecule has 16 heavy (non-hydrogen) atoms. The van der Waals surface area contributed by atoms with E-state index in [4.69, 9.17) is 5.11 Å². The summed E-state index contributed by atoms with van der Waals surface area (Å²) in [6.45, 7) is 0. The van der Waals surface area contributed by atoms with E-state index in [1.807, 2.05) is 30.3 Å². The van der Waals surface area contributed by atoms with Gasteiger partial charge in [0.2, 0.25) is 0 Å². The Morgan fingerprint density at radius 1 is 1.19 bits per heavy atom. The molecule has 1 aliphatic heterocycles. The van der Waals surface area contributed by atoms with Crippen molar-refractivity contribution in [1.82, 2.24) is 0 Å². The van der Waals surface area contributed by atoms with Crippen LogP contribution in [0.15, 0.2) is 40.5 Å². The summed E-state index contributed by atoms with van der Waals surface area (Å²) in [6, 6.07) is 9.97. The van der Waals surface area contributed by atoms with Crippen molar-refractivity contribution in [2.45, 2.75) is 19.3 Å². The molecular weight excluding hydrogens is 204 g/mol. The second kappa shape index (κ2) is 4.70. The molecule has 0 saturated heterocycles. The Bertz CT molecular complexity index is 449. The van der Waals surface area contributed by atoms with Crippen LogP contribution in [0.5, 0.6) is 0 Å². The lowest BCUT2D eigenvalue weighted by Crippen LogP contribution is -2.09. The second-order valence-electron chi connectivity index (χ2n) is 3.74. The van der Waals surface area contributed by atoms with Crippen molar-refractivity contribution in [1.29, 1.82) is 0 Å². The minimum absolute atomic E-state index is 0.0121. The van der Waals surface area contributed by atoms with Gasteiger partial charge in [0.25, 0.3) is 0 Å². The first-order chi connectivity index (χ1) is 7.74. The molecule has 4 heteroatoms. The van der Waals surface area contributed by atoms with Crippen molar-refractivity contribution in [2.75, 3.05) is 0 Å². The fourth-order valence-electron chi connectivity index (χ4n) is 1.65. The van der Waals surface area contributed by atoms with Crippen molar-refractivity contribution in [3.8, 4) is 0 Å². The van der Waals surface area contributed by atoms with Gasteiger partial charge in [0.15, 0.2) is 0 Å². The molecule has 1 heterocycles. The molecule has 0 saturated carbocycles. The molecule has 0 unspecified atom stereocenters. The molecule has 0 spiro atoms. The molecule has 0 aromatic heterocycles. The Morgan fingerprint density at radius 2 is 1.88 bits per heavy atom. The highest BCUT2D eigenvalue weighted by molar-refractivity contribution is 6.12. The average molecular weight is 216 g/mol. The number of rotatable bonds is 4. The fourth-order valence-corrected chi connectivity index (χ4v) is 1.65. The lowest BCUT2D eigenvalue weighted by Gasteiger charge is -2.00. The zero-order valence-electron chi connectivity index (χ0n) is 8.76. The van der Waals surface area contributed by atoms with Gasteiger partial charge >= 0.3 is 5.97 Å². The highest BCUT2D eigenvalue weighted by atomic mass is 16.4. The van der Waals surface area contributed by atoms with Crippen LogP contribution >= 0.6 is 0 Å². The quantitative estimate of drug-likeness (QED) is 0.835. The number of carboxylic acid groups (broad SMARTS) is 1. The van der Waals surface area contributed by atoms with Gasteiger partial charge in [-0.2, -0.15) is 10.2 Å². The van der Waals surface area contributed by atoms with Crippen LogP contribution in [0, 0.1) is 0 Å². The SMILES string of the molecule is O=C(O)CC1=NN=C(Cc2ccccc2)C1. The molecule has 1 aromatic carbocycles. The summed E-state index contributed by atoms with van der Waals surface area (Å²) in [6.07, 6.45) is 1.32. The molecule has 82 valence electrons. The number of benzene rings is 1. The Labute approximate surface area is 93.3 Å². The second-order valence-corrected chi connectivity index (χ2v) is 3.74. The van der Waals surface area contributed by atoms with E-state index in [0.717, 1.165) is 12.1 Å². The summed E-state index contributed by atoms with van der Waals surface area (Å²) in [5.41, 5.74) is 2.74. The summed E-state index contributed by atoms with van der Waals surface area (Å²) in [5.74, 6) is -0.852. The largest absolute Gasteiger partial charge is 0.481 e. The van der Waals surface area contributed by atoms with Gasteiger partial charge in [-0.15, -0.1) is 0 Å². The fraction of sp³-hybridized carbons (Fsp3) is 0.250. The first kappa shape index (κ1) is 10.5. The number of hydrogen-bond donors (Lipinski definition) is 1. The van der Waals surface area contributed by atoms with Crippen molar-refractivity contribution in [2.24, 2.45) is 10.2 Å². The van der Waals surface area contributed by atoms with Gasteiger partial charge in [-0.25, -0.2) is 0 Å². The zero-order valence-corrected chi connectivity index (χ0v) is 8.76. The number of hydrogen-bond acceptors (Lipinski definition) is 3. The number of carbonyl (C=O) groups is 1. The highest BCUT2D eigenvalue weighted by Crippen LogP contribution is 2.10. The standard InChI is InChI=1S/C12H12N2O2/c15-12(16)8-11-7-10(13-14-11)6-9-4-2-1-3-5-9/h1-5H,6-8H2,(H,15,16). The third-order valence-electron chi connectivity index (χ3n) is 2.35. The third kappa shape index (κ3) is 2.76. The van der Waals surface area contributed by atoms with Crippen LogP contribution in [0.4, 0.5) is 0 Å². The van der Waals surface area contributed by atoms with Gasteiger partial charge in [0, 0.05) is 12.8 Å². The molecule has 0 bridgehead atoms. The molecule has 1 aliphatic rings. The lowest BCUT2D eigenvalue weighted by molar-refractivity contribution is -0.135. The van der Waals surface area contributed by atoms with Crippen molar-refractivity contribution in [3.05, 3.63) is 35.9 Å². The Morgan fingerprint density at radius 3 is 2.56 bits per heavy atom. The zero-order chi connectivity index (χ0) is 11.4. The van der Waals surface area contributed by atoms with E-state index in [0.29, 0.717) is 12.1 Å². The van der Waals surface area contributed by atoms with Gasteiger partial charge < -0.3 is 5.11 Å². The molecule has 0 amide bonds. The van der Waals surface area contributed by atoms with E-state index < -0.39 is 5.97 Å². The number of nitrogens with zero attached hydrogens (tertiary/aromatic N) is 2. The monoisotopic (exact) mass is 216 g/mol. The van der Waals surface area contributed by atoms with E-state index in [2.05, 4.69) is 10.2 Å². The highest BCUT2D eigenvalue weighted by Gasteiger charge is 2.15. The number of carboxylic acids is 1.